The zero-order valence-corrected chi connectivity index (χ0v) is 9.06. The van der Waals surface area contributed by atoms with Crippen molar-refractivity contribution in [2.75, 3.05) is 7.05 Å². The van der Waals surface area contributed by atoms with E-state index in [1.165, 1.54) is 11.1 Å². The summed E-state index contributed by atoms with van der Waals surface area (Å²) in [6.45, 7) is 2.09. The number of rotatable bonds is 1. The number of hydrogen-bond donors (Lipinski definition) is 2. The van der Waals surface area contributed by atoms with Crippen LogP contribution in [-0.4, -0.2) is 12.2 Å². The molecule has 74 valence electrons. The molecule has 0 bridgehead atoms. The van der Waals surface area contributed by atoms with Crippen molar-refractivity contribution in [3.63, 3.8) is 0 Å². The molecule has 0 saturated carbocycles. The Morgan fingerprint density at radius 3 is 2.57 bits per heavy atom. The van der Waals surface area contributed by atoms with E-state index in [1.807, 2.05) is 0 Å². The summed E-state index contributed by atoms with van der Waals surface area (Å²) >= 11 is 1.70. The molecule has 1 aliphatic rings. The first-order chi connectivity index (χ1) is 6.79. The van der Waals surface area contributed by atoms with E-state index in [2.05, 4.69) is 47.0 Å². The third kappa shape index (κ3) is 1.91. The van der Waals surface area contributed by atoms with Gasteiger partial charge in [0, 0.05) is 7.05 Å². The molecule has 0 amide bonds. The second-order valence-electron chi connectivity index (χ2n) is 3.21. The first-order valence-electron chi connectivity index (χ1n) is 4.51. The highest BCUT2D eigenvalue weighted by Gasteiger charge is 2.20. The van der Waals surface area contributed by atoms with Crippen LogP contribution in [-0.2, 0) is 0 Å². The SMILES string of the molecule is CN=C1NNC(c2ccc(C)cc2)S1. The fraction of sp³-hybridized carbons (Fsp3) is 0.300. The Morgan fingerprint density at radius 2 is 2.00 bits per heavy atom. The minimum atomic E-state index is 0.272. The van der Waals surface area contributed by atoms with E-state index in [0.29, 0.717) is 0 Å². The van der Waals surface area contributed by atoms with Gasteiger partial charge in [-0.05, 0) is 12.5 Å². The van der Waals surface area contributed by atoms with Crippen LogP contribution in [0.4, 0.5) is 0 Å². The quantitative estimate of drug-likeness (QED) is 0.737. The van der Waals surface area contributed by atoms with E-state index in [1.54, 1.807) is 18.8 Å². The lowest BCUT2D eigenvalue weighted by atomic mass is 10.1. The van der Waals surface area contributed by atoms with E-state index in [4.69, 9.17) is 0 Å². The molecule has 1 aromatic rings. The van der Waals surface area contributed by atoms with E-state index in [9.17, 15) is 0 Å². The normalized spacial score (nSPS) is 23.9. The zero-order chi connectivity index (χ0) is 9.97. The summed E-state index contributed by atoms with van der Waals surface area (Å²) in [4.78, 5) is 4.09. The van der Waals surface area contributed by atoms with Crippen LogP contribution in [0.15, 0.2) is 29.3 Å². The molecule has 1 heterocycles. The van der Waals surface area contributed by atoms with Gasteiger partial charge in [0.15, 0.2) is 5.17 Å². The van der Waals surface area contributed by atoms with Crippen molar-refractivity contribution in [1.29, 1.82) is 0 Å². The topological polar surface area (TPSA) is 36.4 Å². The average molecular weight is 207 g/mol. The van der Waals surface area contributed by atoms with Gasteiger partial charge in [-0.1, -0.05) is 41.6 Å². The van der Waals surface area contributed by atoms with Crippen molar-refractivity contribution in [3.05, 3.63) is 35.4 Å². The van der Waals surface area contributed by atoms with Crippen molar-refractivity contribution in [2.45, 2.75) is 12.3 Å². The molecule has 14 heavy (non-hydrogen) atoms. The molecule has 1 aliphatic heterocycles. The maximum atomic E-state index is 4.09. The van der Waals surface area contributed by atoms with E-state index < -0.39 is 0 Å². The predicted molar refractivity (Wildman–Crippen MR) is 61.1 cm³/mol. The molecule has 2 rings (SSSR count). The van der Waals surface area contributed by atoms with Crippen LogP contribution in [0.2, 0.25) is 0 Å². The van der Waals surface area contributed by atoms with Crippen molar-refractivity contribution in [2.24, 2.45) is 4.99 Å². The third-order valence-electron chi connectivity index (χ3n) is 2.12. The number of nitrogens with one attached hydrogen (secondary N) is 2. The molecule has 4 heteroatoms. The van der Waals surface area contributed by atoms with E-state index >= 15 is 0 Å². The fourth-order valence-electron chi connectivity index (χ4n) is 1.30. The monoisotopic (exact) mass is 207 g/mol. The molecule has 0 spiro atoms. The minimum absolute atomic E-state index is 0.272. The maximum Gasteiger partial charge on any atom is 0.172 e. The lowest BCUT2D eigenvalue weighted by Gasteiger charge is -2.07. The molecule has 0 radical (unpaired) electrons. The first kappa shape index (κ1) is 9.55. The van der Waals surface area contributed by atoms with Crippen LogP contribution >= 0.6 is 11.8 Å². The Morgan fingerprint density at radius 1 is 1.29 bits per heavy atom. The highest BCUT2D eigenvalue weighted by atomic mass is 32.2. The van der Waals surface area contributed by atoms with Gasteiger partial charge in [0.05, 0.1) is 0 Å². The van der Waals surface area contributed by atoms with Crippen molar-refractivity contribution >= 4 is 16.9 Å². The molecule has 3 nitrogen and oxygen atoms in total. The lowest BCUT2D eigenvalue weighted by molar-refractivity contribution is 0.664. The molecule has 1 aromatic carbocycles. The number of aryl methyl sites for hydroxylation is 1. The maximum absolute atomic E-state index is 4.09. The van der Waals surface area contributed by atoms with Crippen LogP contribution in [0.1, 0.15) is 16.5 Å². The predicted octanol–water partition coefficient (Wildman–Crippen LogP) is 1.82. The summed E-state index contributed by atoms with van der Waals surface area (Å²) in [7, 11) is 1.79. The Labute approximate surface area is 88.0 Å². The number of thioether (sulfide) groups is 1. The first-order valence-corrected chi connectivity index (χ1v) is 5.39. The molecule has 1 unspecified atom stereocenters. The average Bonchev–Trinajstić information content (AvgIpc) is 2.67. The Bertz CT molecular complexity index is 345. The number of amidine groups is 1. The largest absolute Gasteiger partial charge is 0.299 e. The zero-order valence-electron chi connectivity index (χ0n) is 8.24. The summed E-state index contributed by atoms with van der Waals surface area (Å²) in [6, 6.07) is 8.53. The van der Waals surface area contributed by atoms with Gasteiger partial charge in [0.1, 0.15) is 5.37 Å². The lowest BCUT2D eigenvalue weighted by Crippen LogP contribution is -2.27. The van der Waals surface area contributed by atoms with Crippen molar-refractivity contribution in [3.8, 4) is 0 Å². The van der Waals surface area contributed by atoms with Gasteiger partial charge < -0.3 is 0 Å². The molecule has 1 saturated heterocycles. The second kappa shape index (κ2) is 4.02. The van der Waals surface area contributed by atoms with Gasteiger partial charge in [-0.3, -0.25) is 10.4 Å². The number of aliphatic imine (C=N–C) groups is 1. The second-order valence-corrected chi connectivity index (χ2v) is 4.30. The molecular formula is C10H13N3S. The van der Waals surface area contributed by atoms with Gasteiger partial charge in [-0.25, -0.2) is 5.43 Å². The van der Waals surface area contributed by atoms with Crippen LogP contribution < -0.4 is 10.9 Å². The van der Waals surface area contributed by atoms with Gasteiger partial charge in [0.2, 0.25) is 0 Å². The van der Waals surface area contributed by atoms with Crippen LogP contribution in [0.3, 0.4) is 0 Å². The summed E-state index contributed by atoms with van der Waals surface area (Å²) in [5.41, 5.74) is 8.76. The summed E-state index contributed by atoms with van der Waals surface area (Å²) in [6.07, 6.45) is 0. The Kier molecular flexibility index (Phi) is 2.74. The summed E-state index contributed by atoms with van der Waals surface area (Å²) in [5.74, 6) is 0. The molecule has 0 aromatic heterocycles. The Hall–Kier alpha value is -1.00. The smallest absolute Gasteiger partial charge is 0.172 e. The van der Waals surface area contributed by atoms with Gasteiger partial charge >= 0.3 is 0 Å². The molecule has 1 fully saturated rings. The van der Waals surface area contributed by atoms with Crippen LogP contribution in [0, 0.1) is 6.92 Å². The number of hydrogen-bond acceptors (Lipinski definition) is 3. The molecule has 1 atom stereocenters. The highest BCUT2D eigenvalue weighted by Crippen LogP contribution is 2.29. The van der Waals surface area contributed by atoms with E-state index in [0.717, 1.165) is 5.17 Å². The van der Waals surface area contributed by atoms with Crippen molar-refractivity contribution < 1.29 is 0 Å². The summed E-state index contributed by atoms with van der Waals surface area (Å²) in [5, 5.41) is 1.21. The number of benzene rings is 1. The van der Waals surface area contributed by atoms with Crippen molar-refractivity contribution in [1.82, 2.24) is 10.9 Å². The van der Waals surface area contributed by atoms with Crippen LogP contribution in [0.25, 0.3) is 0 Å². The minimum Gasteiger partial charge on any atom is -0.299 e. The van der Waals surface area contributed by atoms with Crippen LogP contribution in [0.5, 0.6) is 0 Å². The highest BCUT2D eigenvalue weighted by molar-refractivity contribution is 8.14. The number of hydrazine groups is 1. The fourth-order valence-corrected chi connectivity index (χ4v) is 2.16. The van der Waals surface area contributed by atoms with Gasteiger partial charge in [0.25, 0.3) is 0 Å². The molecule has 2 N–H and O–H groups in total. The van der Waals surface area contributed by atoms with Gasteiger partial charge in [-0.15, -0.1) is 0 Å². The van der Waals surface area contributed by atoms with Gasteiger partial charge in [-0.2, -0.15) is 0 Å². The summed E-state index contributed by atoms with van der Waals surface area (Å²) < 4.78 is 0. The molecular weight excluding hydrogens is 194 g/mol. The number of nitrogens with zero attached hydrogens (tertiary/aromatic N) is 1. The molecule has 0 aliphatic carbocycles. The standard InChI is InChI=1S/C10H13N3S/c1-7-3-5-8(6-4-7)9-12-13-10(11-2)14-9/h3-6,9,12H,1-2H3,(H,11,13). The third-order valence-corrected chi connectivity index (χ3v) is 3.26. The Balaban J connectivity index is 2.13. The van der Waals surface area contributed by atoms with E-state index in [-0.39, 0.29) is 5.37 Å².